The van der Waals surface area contributed by atoms with E-state index in [0.717, 1.165) is 12.8 Å². The van der Waals surface area contributed by atoms with Crippen LogP contribution in [0.25, 0.3) is 0 Å². The van der Waals surface area contributed by atoms with Crippen LogP contribution in [0.4, 0.5) is 0 Å². The summed E-state index contributed by atoms with van der Waals surface area (Å²) in [7, 11) is 0. The minimum atomic E-state index is -0.598. The highest BCUT2D eigenvalue weighted by Gasteiger charge is 2.65. The van der Waals surface area contributed by atoms with Crippen LogP contribution in [0.3, 0.4) is 0 Å². The van der Waals surface area contributed by atoms with Crippen molar-refractivity contribution in [1.29, 1.82) is 0 Å². The smallest absolute Gasteiger partial charge is 0.338 e. The Balaban J connectivity index is 1.63. The molecule has 4 atom stereocenters. The first-order valence-electron chi connectivity index (χ1n) is 12.0. The van der Waals surface area contributed by atoms with Crippen LogP contribution in [0.2, 0.25) is 0 Å². The number of fused-ring (bicyclic) bond motifs is 2. The fraction of sp³-hybridized carbons (Fsp3) is 0.333. The van der Waals surface area contributed by atoms with E-state index < -0.39 is 29.0 Å². The fourth-order valence-electron chi connectivity index (χ4n) is 6.12. The number of rotatable bonds is 5. The van der Waals surface area contributed by atoms with Crippen LogP contribution in [0.5, 0.6) is 0 Å². The molecule has 0 spiro atoms. The molecule has 0 radical (unpaired) electrons. The van der Waals surface area contributed by atoms with E-state index in [1.54, 1.807) is 24.3 Å². The number of carbonyl (C=O) groups excluding carboxylic acids is 2. The van der Waals surface area contributed by atoms with Crippen molar-refractivity contribution in [3.63, 3.8) is 0 Å². The van der Waals surface area contributed by atoms with Crippen molar-refractivity contribution in [1.82, 2.24) is 0 Å². The molecule has 0 heterocycles. The molecule has 6 rings (SSSR count). The van der Waals surface area contributed by atoms with Gasteiger partial charge in [0.25, 0.3) is 0 Å². The highest BCUT2D eigenvalue weighted by atomic mass is 16.6. The summed E-state index contributed by atoms with van der Waals surface area (Å²) in [6.07, 6.45) is 0.527. The first-order chi connectivity index (χ1) is 16.4. The van der Waals surface area contributed by atoms with E-state index in [1.165, 1.54) is 11.1 Å². The number of hydrogen-bond donors (Lipinski definition) is 0. The predicted octanol–water partition coefficient (Wildman–Crippen LogP) is 6.10. The Morgan fingerprint density at radius 3 is 1.71 bits per heavy atom. The first-order valence-corrected chi connectivity index (χ1v) is 12.0. The third-order valence-electron chi connectivity index (χ3n) is 8.03. The minimum absolute atomic E-state index is 0.171. The molecule has 3 aliphatic carbocycles. The van der Waals surface area contributed by atoms with Crippen LogP contribution < -0.4 is 0 Å². The third kappa shape index (κ3) is 3.35. The summed E-state index contributed by atoms with van der Waals surface area (Å²) in [4.78, 5) is 26.6. The Morgan fingerprint density at radius 1 is 0.706 bits per heavy atom. The highest BCUT2D eigenvalue weighted by Crippen LogP contribution is 2.61. The van der Waals surface area contributed by atoms with Crippen molar-refractivity contribution < 1.29 is 19.1 Å². The molecule has 4 nitrogen and oxygen atoms in total. The van der Waals surface area contributed by atoms with Gasteiger partial charge >= 0.3 is 11.9 Å². The van der Waals surface area contributed by atoms with Gasteiger partial charge in [-0.3, -0.25) is 0 Å². The molecular formula is C30H30O4. The SMILES string of the molecule is CC(C)[C@@]12CC[C@@](C)(c3ccccc31)[C@@H](OC(=O)c1ccccc1)[C@H]2OC(=O)c1ccccc1. The van der Waals surface area contributed by atoms with Crippen molar-refractivity contribution in [3.8, 4) is 0 Å². The second kappa shape index (κ2) is 8.43. The third-order valence-corrected chi connectivity index (χ3v) is 8.03. The Morgan fingerprint density at radius 2 is 1.18 bits per heavy atom. The zero-order valence-electron chi connectivity index (χ0n) is 19.9. The summed E-state index contributed by atoms with van der Waals surface area (Å²) < 4.78 is 12.6. The van der Waals surface area contributed by atoms with Gasteiger partial charge in [-0.2, -0.15) is 0 Å². The van der Waals surface area contributed by atoms with Gasteiger partial charge in [0.15, 0.2) is 0 Å². The number of carbonyl (C=O) groups is 2. The molecular weight excluding hydrogens is 424 g/mol. The van der Waals surface area contributed by atoms with Gasteiger partial charge in [0, 0.05) is 10.8 Å². The van der Waals surface area contributed by atoms with Crippen molar-refractivity contribution in [2.45, 2.75) is 56.7 Å². The van der Waals surface area contributed by atoms with E-state index in [2.05, 4.69) is 32.9 Å². The molecule has 1 saturated carbocycles. The molecule has 0 amide bonds. The number of ether oxygens (including phenoxy) is 2. The molecule has 1 fully saturated rings. The Hall–Kier alpha value is -3.40. The molecule has 0 N–H and O–H groups in total. The molecule has 0 saturated heterocycles. The lowest BCUT2D eigenvalue weighted by Gasteiger charge is -2.61. The lowest BCUT2D eigenvalue weighted by Crippen LogP contribution is -2.68. The maximum Gasteiger partial charge on any atom is 0.338 e. The van der Waals surface area contributed by atoms with Gasteiger partial charge in [-0.15, -0.1) is 0 Å². The van der Waals surface area contributed by atoms with Gasteiger partial charge in [-0.05, 0) is 54.2 Å². The zero-order valence-corrected chi connectivity index (χ0v) is 19.9. The highest BCUT2D eigenvalue weighted by molar-refractivity contribution is 5.90. The standard InChI is InChI=1S/C30H30O4/c1-20(2)30-19-18-29(3,23-16-10-11-17-24(23)30)25(33-27(31)21-12-6-4-7-13-21)26(30)34-28(32)22-14-8-5-9-15-22/h4-17,20,25-26H,18-19H2,1-3H3/t25-,26+,29-,30-/m0/s1. The van der Waals surface area contributed by atoms with Crippen LogP contribution in [0.15, 0.2) is 84.9 Å². The van der Waals surface area contributed by atoms with Gasteiger partial charge in [-0.25, -0.2) is 9.59 Å². The van der Waals surface area contributed by atoms with Gasteiger partial charge in [0.2, 0.25) is 0 Å². The van der Waals surface area contributed by atoms with Crippen LogP contribution >= 0.6 is 0 Å². The molecule has 34 heavy (non-hydrogen) atoms. The maximum absolute atomic E-state index is 13.3. The lowest BCUT2D eigenvalue weighted by molar-refractivity contribution is -0.137. The van der Waals surface area contributed by atoms with Gasteiger partial charge in [-0.1, -0.05) is 81.4 Å². The van der Waals surface area contributed by atoms with Crippen molar-refractivity contribution in [3.05, 3.63) is 107 Å². The largest absolute Gasteiger partial charge is 0.454 e. The summed E-state index contributed by atoms with van der Waals surface area (Å²) in [6, 6.07) is 26.4. The number of esters is 2. The van der Waals surface area contributed by atoms with Crippen LogP contribution in [-0.2, 0) is 20.3 Å². The fourth-order valence-corrected chi connectivity index (χ4v) is 6.12. The molecule has 0 unspecified atom stereocenters. The Labute approximate surface area is 200 Å². The van der Waals surface area contributed by atoms with Gasteiger partial charge in [0.05, 0.1) is 11.1 Å². The van der Waals surface area contributed by atoms with Crippen LogP contribution in [0.1, 0.15) is 65.5 Å². The molecule has 174 valence electrons. The number of hydrogen-bond acceptors (Lipinski definition) is 4. The molecule has 2 bridgehead atoms. The van der Waals surface area contributed by atoms with E-state index in [9.17, 15) is 9.59 Å². The maximum atomic E-state index is 13.3. The second-order valence-corrected chi connectivity index (χ2v) is 10.0. The summed E-state index contributed by atoms with van der Waals surface area (Å²) in [5.74, 6) is -0.610. The first kappa shape index (κ1) is 22.4. The molecule has 3 aliphatic rings. The lowest BCUT2D eigenvalue weighted by atomic mass is 9.46. The Kier molecular flexibility index (Phi) is 5.55. The van der Waals surface area contributed by atoms with Gasteiger partial charge < -0.3 is 9.47 Å². The van der Waals surface area contributed by atoms with Crippen molar-refractivity contribution in [2.75, 3.05) is 0 Å². The average molecular weight is 455 g/mol. The zero-order chi connectivity index (χ0) is 23.9. The summed E-state index contributed by atoms with van der Waals surface area (Å²) >= 11 is 0. The minimum Gasteiger partial charge on any atom is -0.454 e. The monoisotopic (exact) mass is 454 g/mol. The van der Waals surface area contributed by atoms with E-state index >= 15 is 0 Å². The molecule has 3 aromatic rings. The van der Waals surface area contributed by atoms with E-state index in [0.29, 0.717) is 11.1 Å². The second-order valence-electron chi connectivity index (χ2n) is 10.0. The molecule has 3 aromatic carbocycles. The topological polar surface area (TPSA) is 52.6 Å². The van der Waals surface area contributed by atoms with E-state index in [4.69, 9.17) is 9.47 Å². The average Bonchev–Trinajstić information content (AvgIpc) is 2.87. The summed E-state index contributed by atoms with van der Waals surface area (Å²) in [5.41, 5.74) is 2.48. The van der Waals surface area contributed by atoms with Crippen molar-refractivity contribution in [2.24, 2.45) is 5.92 Å². The molecule has 0 aliphatic heterocycles. The van der Waals surface area contributed by atoms with Crippen molar-refractivity contribution >= 4 is 11.9 Å². The summed E-state index contributed by atoms with van der Waals surface area (Å²) in [5, 5.41) is 0. The van der Waals surface area contributed by atoms with Crippen LogP contribution in [-0.4, -0.2) is 24.1 Å². The van der Waals surface area contributed by atoms with E-state index in [-0.39, 0.29) is 11.9 Å². The molecule has 4 heteroatoms. The quantitative estimate of drug-likeness (QED) is 0.437. The predicted molar refractivity (Wildman–Crippen MR) is 131 cm³/mol. The number of benzene rings is 3. The molecule has 0 aromatic heterocycles. The normalized spacial score (nSPS) is 27.2. The van der Waals surface area contributed by atoms with Gasteiger partial charge in [0.1, 0.15) is 12.2 Å². The summed E-state index contributed by atoms with van der Waals surface area (Å²) in [6.45, 7) is 6.48. The van der Waals surface area contributed by atoms with E-state index in [1.807, 2.05) is 48.5 Å². The van der Waals surface area contributed by atoms with Crippen LogP contribution in [0, 0.1) is 5.92 Å². The Bertz CT molecular complexity index is 1200.